The van der Waals surface area contributed by atoms with E-state index in [1.165, 1.54) is 24.7 Å². The lowest BCUT2D eigenvalue weighted by atomic mass is 10.0. The maximum atomic E-state index is 13.9. The van der Waals surface area contributed by atoms with Gasteiger partial charge in [0.15, 0.2) is 5.96 Å². The number of carboxylic acids is 1. The van der Waals surface area contributed by atoms with Crippen LogP contribution in [0.3, 0.4) is 0 Å². The minimum atomic E-state index is -1.28. The Morgan fingerprint density at radius 1 is 0.854 bits per heavy atom. The summed E-state index contributed by atoms with van der Waals surface area (Å²) in [6.45, 7) is 0.168. The van der Waals surface area contributed by atoms with Gasteiger partial charge in [-0.15, -0.1) is 0 Å². The molecule has 2 aromatic carbocycles. The summed E-state index contributed by atoms with van der Waals surface area (Å²) in [5, 5.41) is 28.1. The molecule has 0 bridgehead atoms. The second kappa shape index (κ2) is 16.6. The van der Waals surface area contributed by atoms with Gasteiger partial charge in [-0.05, 0) is 48.6 Å². The summed E-state index contributed by atoms with van der Waals surface area (Å²) >= 11 is 0. The summed E-state index contributed by atoms with van der Waals surface area (Å²) in [4.78, 5) is 66.6. The molecule has 16 heteroatoms. The van der Waals surface area contributed by atoms with Gasteiger partial charge in [-0.25, -0.2) is 9.78 Å². The highest BCUT2D eigenvalue weighted by atomic mass is 16.4. The fraction of sp³-hybridized carbons (Fsp3) is 0.312. The van der Waals surface area contributed by atoms with Crippen LogP contribution in [0.4, 0.5) is 0 Å². The van der Waals surface area contributed by atoms with Crippen molar-refractivity contribution >= 4 is 40.6 Å². The third-order valence-corrected chi connectivity index (χ3v) is 7.63. The first kappa shape index (κ1) is 35.0. The Kier molecular flexibility index (Phi) is 12.1. The molecule has 4 aromatic rings. The zero-order chi connectivity index (χ0) is 34.6. The number of imidazole rings is 1. The van der Waals surface area contributed by atoms with Crippen molar-refractivity contribution in [2.45, 2.75) is 56.3 Å². The molecule has 2 heterocycles. The quantitative estimate of drug-likeness (QED) is 0.0395. The van der Waals surface area contributed by atoms with Crippen molar-refractivity contribution < 1.29 is 29.4 Å². The molecule has 4 unspecified atom stereocenters. The molecular weight excluding hydrogens is 620 g/mol. The second-order valence-corrected chi connectivity index (χ2v) is 11.3. The SMILES string of the molecule is NC(N)=NCCCC(NC(=O)C(Cc1c[nH]c2ccccc12)NC(=O)C(Cc1cnc[nH]1)NC(=O)C(N)Cc1ccc(O)cc1)C(=O)O. The molecule has 0 aliphatic heterocycles. The number of benzene rings is 2. The molecule has 254 valence electrons. The number of carbonyl (C=O) groups is 4. The normalized spacial score (nSPS) is 13.5. The Morgan fingerprint density at radius 3 is 2.19 bits per heavy atom. The number of para-hydroxylation sites is 1. The number of carboxylic acid groups (broad SMARTS) is 1. The van der Waals surface area contributed by atoms with Crippen LogP contribution in [0, 0.1) is 0 Å². The van der Waals surface area contributed by atoms with Crippen molar-refractivity contribution in [2.75, 3.05) is 6.54 Å². The summed E-state index contributed by atoms with van der Waals surface area (Å²) in [5.74, 6) is -3.39. The zero-order valence-electron chi connectivity index (χ0n) is 26.1. The largest absolute Gasteiger partial charge is 0.508 e. The standard InChI is InChI=1S/C32H40N10O6/c33-23(12-18-7-9-21(43)10-8-18)28(44)41-27(14-20-16-36-17-39-20)30(46)42-26(13-19-15-38-24-5-2-1-4-22(19)24)29(45)40-25(31(47)48)6-3-11-37-32(34)35/h1-2,4-5,7-10,15-17,23,25-27,38,43H,3,6,11-14,33H2,(H,36,39)(H,40,45)(H,41,44)(H,42,46)(H,47,48)(H4,34,35,37). The lowest BCUT2D eigenvalue weighted by Crippen LogP contribution is -2.58. The Labute approximate surface area is 275 Å². The first-order valence-electron chi connectivity index (χ1n) is 15.2. The van der Waals surface area contributed by atoms with Crippen LogP contribution in [-0.2, 0) is 38.4 Å². The molecule has 0 radical (unpaired) electrons. The highest BCUT2D eigenvalue weighted by Gasteiger charge is 2.31. The van der Waals surface area contributed by atoms with E-state index in [2.05, 4.69) is 35.9 Å². The zero-order valence-corrected chi connectivity index (χ0v) is 26.1. The number of hydrogen-bond acceptors (Lipinski definition) is 8. The molecule has 0 saturated carbocycles. The third kappa shape index (κ3) is 10.1. The average Bonchev–Trinajstić information content (AvgIpc) is 3.72. The number of aromatic amines is 2. The number of rotatable bonds is 17. The number of nitrogens with zero attached hydrogens (tertiary/aromatic N) is 2. The van der Waals surface area contributed by atoms with Gasteiger partial charge in [-0.1, -0.05) is 30.3 Å². The lowest BCUT2D eigenvalue weighted by Gasteiger charge is -2.25. The molecule has 13 N–H and O–H groups in total. The number of nitrogens with two attached hydrogens (primary N) is 3. The molecule has 0 fully saturated rings. The first-order valence-corrected chi connectivity index (χ1v) is 15.2. The first-order chi connectivity index (χ1) is 23.0. The number of carbonyl (C=O) groups excluding carboxylic acids is 3. The van der Waals surface area contributed by atoms with Gasteiger partial charge in [0.2, 0.25) is 17.7 Å². The van der Waals surface area contributed by atoms with Crippen LogP contribution in [0.2, 0.25) is 0 Å². The van der Waals surface area contributed by atoms with Gasteiger partial charge >= 0.3 is 5.97 Å². The molecule has 16 nitrogen and oxygen atoms in total. The molecule has 2 aromatic heterocycles. The second-order valence-electron chi connectivity index (χ2n) is 11.3. The fourth-order valence-corrected chi connectivity index (χ4v) is 5.12. The number of aromatic hydroxyl groups is 1. The van der Waals surface area contributed by atoms with Gasteiger partial charge in [0.1, 0.15) is 23.9 Å². The van der Waals surface area contributed by atoms with Crippen LogP contribution in [-0.4, -0.2) is 85.5 Å². The number of phenols is 1. The van der Waals surface area contributed by atoms with Gasteiger partial charge in [-0.3, -0.25) is 19.4 Å². The number of aliphatic imine (C=N–C) groups is 1. The highest BCUT2D eigenvalue weighted by Crippen LogP contribution is 2.20. The van der Waals surface area contributed by atoms with Gasteiger partial charge < -0.3 is 53.3 Å². The lowest BCUT2D eigenvalue weighted by molar-refractivity contribution is -0.142. The van der Waals surface area contributed by atoms with Crippen LogP contribution < -0.4 is 33.2 Å². The maximum absolute atomic E-state index is 13.9. The summed E-state index contributed by atoms with van der Waals surface area (Å²) in [5.41, 5.74) is 19.6. The van der Waals surface area contributed by atoms with Crippen molar-refractivity contribution in [1.29, 1.82) is 0 Å². The Bertz CT molecular complexity index is 1720. The Morgan fingerprint density at radius 2 is 1.52 bits per heavy atom. The van der Waals surface area contributed by atoms with Crippen LogP contribution in [0.5, 0.6) is 5.75 Å². The molecule has 0 aliphatic rings. The molecule has 0 aliphatic carbocycles. The van der Waals surface area contributed by atoms with E-state index in [0.29, 0.717) is 16.8 Å². The smallest absolute Gasteiger partial charge is 0.326 e. The summed E-state index contributed by atoms with van der Waals surface area (Å²) in [6, 6.07) is 8.90. The summed E-state index contributed by atoms with van der Waals surface area (Å²) in [7, 11) is 0. The van der Waals surface area contributed by atoms with Crippen LogP contribution in [0.1, 0.15) is 29.7 Å². The molecule has 3 amide bonds. The molecular formula is C32H40N10O6. The summed E-state index contributed by atoms with van der Waals surface area (Å²) < 4.78 is 0. The van der Waals surface area contributed by atoms with Crippen molar-refractivity contribution in [1.82, 2.24) is 30.9 Å². The molecule has 0 spiro atoms. The maximum Gasteiger partial charge on any atom is 0.326 e. The van der Waals surface area contributed by atoms with Gasteiger partial charge in [0.25, 0.3) is 0 Å². The minimum absolute atomic E-state index is 0.00648. The molecule has 4 atom stereocenters. The van der Waals surface area contributed by atoms with E-state index in [1.807, 2.05) is 24.3 Å². The van der Waals surface area contributed by atoms with E-state index in [1.54, 1.807) is 18.3 Å². The monoisotopic (exact) mass is 660 g/mol. The number of hydrogen-bond donors (Lipinski definition) is 10. The van der Waals surface area contributed by atoms with Crippen molar-refractivity contribution in [2.24, 2.45) is 22.2 Å². The van der Waals surface area contributed by atoms with Gasteiger partial charge in [0, 0.05) is 48.4 Å². The highest BCUT2D eigenvalue weighted by molar-refractivity contribution is 5.95. The van der Waals surface area contributed by atoms with Crippen molar-refractivity contribution in [3.63, 3.8) is 0 Å². The number of phenolic OH excluding ortho intramolecular Hbond substituents is 1. The van der Waals surface area contributed by atoms with Gasteiger partial charge in [0.05, 0.1) is 12.4 Å². The van der Waals surface area contributed by atoms with Crippen LogP contribution >= 0.6 is 0 Å². The van der Waals surface area contributed by atoms with Crippen LogP contribution in [0.25, 0.3) is 10.9 Å². The van der Waals surface area contributed by atoms with E-state index in [-0.39, 0.29) is 50.4 Å². The number of amides is 3. The molecule has 48 heavy (non-hydrogen) atoms. The van der Waals surface area contributed by atoms with Gasteiger partial charge in [-0.2, -0.15) is 0 Å². The van der Waals surface area contributed by atoms with Crippen LogP contribution in [0.15, 0.2) is 72.2 Å². The number of aliphatic carboxylic acids is 1. The number of guanidine groups is 1. The number of aromatic nitrogens is 3. The average molecular weight is 661 g/mol. The number of fused-ring (bicyclic) bond motifs is 1. The van der Waals surface area contributed by atoms with E-state index in [0.717, 1.165) is 10.9 Å². The van der Waals surface area contributed by atoms with E-state index in [4.69, 9.17) is 17.2 Å². The topological polar surface area (TPSA) is 280 Å². The predicted octanol–water partition coefficient (Wildman–Crippen LogP) is -0.456. The van der Waals surface area contributed by atoms with Crippen molar-refractivity contribution in [3.05, 3.63) is 84.1 Å². The fourth-order valence-electron chi connectivity index (χ4n) is 5.12. The van der Waals surface area contributed by atoms with E-state index >= 15 is 0 Å². The number of nitrogens with one attached hydrogen (secondary N) is 5. The third-order valence-electron chi connectivity index (χ3n) is 7.63. The Balaban J connectivity index is 1.54. The number of H-pyrrole nitrogens is 2. The summed E-state index contributed by atoms with van der Waals surface area (Å²) in [6.07, 6.45) is 5.08. The minimum Gasteiger partial charge on any atom is -0.508 e. The molecule has 0 saturated heterocycles. The van der Waals surface area contributed by atoms with Crippen molar-refractivity contribution in [3.8, 4) is 5.75 Å². The Hall–Kier alpha value is -5.90. The van der Waals surface area contributed by atoms with E-state index in [9.17, 15) is 29.4 Å². The predicted molar refractivity (Wildman–Crippen MR) is 177 cm³/mol. The molecule has 4 rings (SSSR count). The van der Waals surface area contributed by atoms with E-state index < -0.39 is 47.9 Å².